The van der Waals surface area contributed by atoms with E-state index in [4.69, 9.17) is 15.2 Å². The quantitative estimate of drug-likeness (QED) is 0.908. The summed E-state index contributed by atoms with van der Waals surface area (Å²) in [6.07, 6.45) is 5.20. The Bertz CT molecular complexity index is 714. The number of halogens is 2. The summed E-state index contributed by atoms with van der Waals surface area (Å²) in [6.45, 7) is 0.564. The Hall–Kier alpha value is -2.44. The maximum absolute atomic E-state index is 13.4. The molecule has 1 aromatic rings. The van der Waals surface area contributed by atoms with E-state index in [9.17, 15) is 13.6 Å². The lowest BCUT2D eigenvalue weighted by Crippen LogP contribution is -2.21. The van der Waals surface area contributed by atoms with E-state index in [0.717, 1.165) is 12.8 Å². The second-order valence-corrected chi connectivity index (χ2v) is 5.81. The normalized spacial score (nSPS) is 19.8. The largest absolute Gasteiger partial charge is 0.493 e. The molecule has 128 valence electrons. The van der Waals surface area contributed by atoms with Gasteiger partial charge in [-0.3, -0.25) is 4.98 Å². The summed E-state index contributed by atoms with van der Waals surface area (Å²) in [7, 11) is 0. The van der Waals surface area contributed by atoms with Crippen molar-refractivity contribution in [3.63, 3.8) is 0 Å². The highest BCUT2D eigenvalue weighted by Crippen LogP contribution is 2.41. The van der Waals surface area contributed by atoms with Crippen LogP contribution in [0.5, 0.6) is 5.75 Å². The van der Waals surface area contributed by atoms with Gasteiger partial charge in [-0.1, -0.05) is 6.08 Å². The zero-order valence-electron chi connectivity index (χ0n) is 13.1. The Balaban J connectivity index is 2.04. The summed E-state index contributed by atoms with van der Waals surface area (Å²) in [5.41, 5.74) is 6.71. The molecule has 24 heavy (non-hydrogen) atoms. The fourth-order valence-electron chi connectivity index (χ4n) is 2.83. The Kier molecular flexibility index (Phi) is 4.51. The van der Waals surface area contributed by atoms with E-state index in [-0.39, 0.29) is 25.0 Å². The van der Waals surface area contributed by atoms with Crippen molar-refractivity contribution in [3.8, 4) is 5.75 Å². The molecule has 0 saturated heterocycles. The number of allylic oxidation sites excluding steroid dienone is 3. The summed E-state index contributed by atoms with van der Waals surface area (Å²) in [5, 5.41) is 0. The van der Waals surface area contributed by atoms with Crippen molar-refractivity contribution in [2.24, 2.45) is 5.73 Å². The number of nitrogens with zero attached hydrogens (tertiary/aromatic N) is 1. The molecule has 0 spiro atoms. The van der Waals surface area contributed by atoms with Gasteiger partial charge in [-0.15, -0.1) is 0 Å². The van der Waals surface area contributed by atoms with Crippen LogP contribution in [0.3, 0.4) is 0 Å². The second-order valence-electron chi connectivity index (χ2n) is 5.81. The van der Waals surface area contributed by atoms with E-state index in [1.54, 1.807) is 12.3 Å². The molecule has 0 saturated carbocycles. The molecule has 2 heterocycles. The maximum Gasteiger partial charge on any atom is 0.410 e. The SMILES string of the molecule is NC(=O)Oc1c(C2=CCCCO2)ccnc1C1=CCC(F)(F)CC1. The van der Waals surface area contributed by atoms with E-state index >= 15 is 0 Å². The summed E-state index contributed by atoms with van der Waals surface area (Å²) in [5.74, 6) is -1.96. The lowest BCUT2D eigenvalue weighted by molar-refractivity contribution is -0.00608. The molecule has 7 heteroatoms. The summed E-state index contributed by atoms with van der Waals surface area (Å²) < 4.78 is 37.5. The van der Waals surface area contributed by atoms with Gasteiger partial charge in [0, 0.05) is 19.0 Å². The molecular formula is C17H18F2N2O3. The summed E-state index contributed by atoms with van der Waals surface area (Å²) in [6, 6.07) is 1.66. The van der Waals surface area contributed by atoms with Gasteiger partial charge < -0.3 is 15.2 Å². The Morgan fingerprint density at radius 1 is 1.38 bits per heavy atom. The van der Waals surface area contributed by atoms with Gasteiger partial charge >= 0.3 is 6.09 Å². The van der Waals surface area contributed by atoms with Crippen molar-refractivity contribution < 1.29 is 23.0 Å². The molecule has 1 aliphatic carbocycles. The first kappa shape index (κ1) is 16.4. The first-order valence-electron chi connectivity index (χ1n) is 7.83. The number of carbonyl (C=O) groups excluding carboxylic acids is 1. The van der Waals surface area contributed by atoms with Gasteiger partial charge in [0.05, 0.1) is 12.2 Å². The van der Waals surface area contributed by atoms with Crippen LogP contribution in [0.15, 0.2) is 24.4 Å². The third-order valence-electron chi connectivity index (χ3n) is 4.02. The van der Waals surface area contributed by atoms with Crippen LogP contribution in [-0.2, 0) is 4.74 Å². The maximum atomic E-state index is 13.4. The average molecular weight is 336 g/mol. The highest BCUT2D eigenvalue weighted by atomic mass is 19.3. The number of amides is 1. The molecule has 1 amide bonds. The minimum Gasteiger partial charge on any atom is -0.493 e. The summed E-state index contributed by atoms with van der Waals surface area (Å²) in [4.78, 5) is 15.5. The molecule has 0 fully saturated rings. The van der Waals surface area contributed by atoms with Gasteiger partial charge in [0.15, 0.2) is 5.75 Å². The van der Waals surface area contributed by atoms with Crippen molar-refractivity contribution in [2.45, 2.75) is 38.0 Å². The first-order valence-corrected chi connectivity index (χ1v) is 7.83. The lowest BCUT2D eigenvalue weighted by Gasteiger charge is -2.23. The fourth-order valence-corrected chi connectivity index (χ4v) is 2.83. The van der Waals surface area contributed by atoms with Gasteiger partial charge in [0.1, 0.15) is 11.5 Å². The second kappa shape index (κ2) is 6.59. The van der Waals surface area contributed by atoms with Gasteiger partial charge in [-0.2, -0.15) is 0 Å². The van der Waals surface area contributed by atoms with Crippen molar-refractivity contribution in [3.05, 3.63) is 35.7 Å². The molecule has 1 aliphatic heterocycles. The van der Waals surface area contributed by atoms with Crippen LogP contribution >= 0.6 is 0 Å². The van der Waals surface area contributed by atoms with Crippen molar-refractivity contribution in [1.29, 1.82) is 0 Å². The highest BCUT2D eigenvalue weighted by Gasteiger charge is 2.33. The zero-order chi connectivity index (χ0) is 17.2. The molecule has 0 radical (unpaired) electrons. The smallest absolute Gasteiger partial charge is 0.410 e. The van der Waals surface area contributed by atoms with Crippen LogP contribution in [0, 0.1) is 0 Å². The highest BCUT2D eigenvalue weighted by molar-refractivity contribution is 5.80. The monoisotopic (exact) mass is 336 g/mol. The number of pyridine rings is 1. The predicted octanol–water partition coefficient (Wildman–Crippen LogP) is 3.89. The Morgan fingerprint density at radius 3 is 2.83 bits per heavy atom. The Morgan fingerprint density at radius 2 is 2.21 bits per heavy atom. The molecule has 2 N–H and O–H groups in total. The minimum absolute atomic E-state index is 0.151. The first-order chi connectivity index (χ1) is 11.5. The van der Waals surface area contributed by atoms with E-state index in [1.165, 1.54) is 6.08 Å². The number of nitrogens with two attached hydrogens (primary N) is 1. The number of alkyl halides is 2. The molecule has 0 unspecified atom stereocenters. The molecule has 0 atom stereocenters. The van der Waals surface area contributed by atoms with Crippen molar-refractivity contribution in [1.82, 2.24) is 4.98 Å². The van der Waals surface area contributed by atoms with E-state index in [0.29, 0.717) is 29.2 Å². The zero-order valence-corrected chi connectivity index (χ0v) is 13.1. The topological polar surface area (TPSA) is 74.4 Å². The van der Waals surface area contributed by atoms with Crippen LogP contribution in [0.4, 0.5) is 13.6 Å². The van der Waals surface area contributed by atoms with Gasteiger partial charge in [0.2, 0.25) is 0 Å². The average Bonchev–Trinajstić information content (AvgIpc) is 2.56. The molecule has 0 bridgehead atoms. The van der Waals surface area contributed by atoms with Crippen molar-refractivity contribution >= 4 is 17.4 Å². The van der Waals surface area contributed by atoms with E-state index in [2.05, 4.69) is 4.98 Å². The Labute approximate surface area is 138 Å². The number of carbonyl (C=O) groups is 1. The van der Waals surface area contributed by atoms with Crippen LogP contribution in [0.25, 0.3) is 11.3 Å². The van der Waals surface area contributed by atoms with Crippen LogP contribution in [-0.4, -0.2) is 23.6 Å². The molecular weight excluding hydrogens is 318 g/mol. The third kappa shape index (κ3) is 3.55. The molecule has 3 rings (SSSR count). The number of primary amides is 1. The van der Waals surface area contributed by atoms with Gasteiger partial charge in [-0.25, -0.2) is 13.6 Å². The standard InChI is InChI=1S/C17H18F2N2O3/c18-17(19)7-4-11(5-8-17)14-15(24-16(20)22)12(6-9-21-14)13-3-1-2-10-23-13/h3-4,6,9H,1-2,5,7-8,10H2,(H2,20,22). The number of hydrogen-bond donors (Lipinski definition) is 1. The predicted molar refractivity (Wildman–Crippen MR) is 84.4 cm³/mol. The number of aromatic nitrogens is 1. The van der Waals surface area contributed by atoms with Crippen LogP contribution in [0.2, 0.25) is 0 Å². The fraction of sp³-hybridized carbons (Fsp3) is 0.412. The van der Waals surface area contributed by atoms with Crippen LogP contribution < -0.4 is 10.5 Å². The third-order valence-corrected chi connectivity index (χ3v) is 4.02. The van der Waals surface area contributed by atoms with Crippen molar-refractivity contribution in [2.75, 3.05) is 6.61 Å². The molecule has 1 aromatic heterocycles. The van der Waals surface area contributed by atoms with Crippen LogP contribution in [0.1, 0.15) is 43.4 Å². The van der Waals surface area contributed by atoms with Gasteiger partial charge in [-0.05, 0) is 37.0 Å². The molecule has 0 aromatic carbocycles. The number of rotatable bonds is 3. The molecule has 5 nitrogen and oxygen atoms in total. The number of ether oxygens (including phenoxy) is 2. The lowest BCUT2D eigenvalue weighted by atomic mass is 9.92. The summed E-state index contributed by atoms with van der Waals surface area (Å²) >= 11 is 0. The minimum atomic E-state index is -2.71. The number of hydrogen-bond acceptors (Lipinski definition) is 4. The van der Waals surface area contributed by atoms with Gasteiger partial charge in [0.25, 0.3) is 5.92 Å². The van der Waals surface area contributed by atoms with E-state index in [1.807, 2.05) is 6.08 Å². The van der Waals surface area contributed by atoms with E-state index < -0.39 is 12.0 Å². The molecule has 2 aliphatic rings.